The number of rotatable bonds is 7. The zero-order valence-electron chi connectivity index (χ0n) is 11.3. The maximum Gasteiger partial charge on any atom is 0.234 e. The smallest absolute Gasteiger partial charge is 0.234 e. The van der Waals surface area contributed by atoms with Gasteiger partial charge in [0, 0.05) is 19.3 Å². The number of amides is 2. The molecule has 0 saturated carbocycles. The molecule has 6 heteroatoms. The lowest BCUT2D eigenvalue weighted by atomic mass is 10.2. The van der Waals surface area contributed by atoms with E-state index in [0.29, 0.717) is 25.3 Å². The molecule has 6 nitrogen and oxygen atoms in total. The van der Waals surface area contributed by atoms with Gasteiger partial charge < -0.3 is 15.4 Å². The van der Waals surface area contributed by atoms with Crippen molar-refractivity contribution < 1.29 is 14.3 Å². The van der Waals surface area contributed by atoms with Gasteiger partial charge in [-0.3, -0.25) is 9.59 Å². The lowest BCUT2D eigenvalue weighted by Gasteiger charge is -2.08. The summed E-state index contributed by atoms with van der Waals surface area (Å²) in [5.74, 6) is -0.445. The minimum atomic E-state index is -0.318. The number of carbonyl (C=O) groups excluding carboxylic acids is 2. The van der Waals surface area contributed by atoms with Gasteiger partial charge in [-0.05, 0) is 17.7 Å². The first kappa shape index (κ1) is 15.7. The molecule has 1 aromatic rings. The minimum absolute atomic E-state index is 0.127. The molecule has 0 spiro atoms. The summed E-state index contributed by atoms with van der Waals surface area (Å²) in [7, 11) is 1.54. The molecule has 2 N–H and O–H groups in total. The van der Waals surface area contributed by atoms with Gasteiger partial charge in [-0.15, -0.1) is 0 Å². The Labute approximate surface area is 117 Å². The number of anilines is 1. The summed E-state index contributed by atoms with van der Waals surface area (Å²) < 4.78 is 4.83. The summed E-state index contributed by atoms with van der Waals surface area (Å²) in [6, 6.07) is 8.94. The largest absolute Gasteiger partial charge is 0.384 e. The Morgan fingerprint density at radius 1 is 1.35 bits per heavy atom. The highest BCUT2D eigenvalue weighted by atomic mass is 16.5. The molecule has 0 bridgehead atoms. The van der Waals surface area contributed by atoms with Crippen molar-refractivity contribution in [2.45, 2.75) is 19.4 Å². The van der Waals surface area contributed by atoms with Crippen molar-refractivity contribution in [2.75, 3.05) is 19.0 Å². The summed E-state index contributed by atoms with van der Waals surface area (Å²) in [6.45, 7) is 0.692. The van der Waals surface area contributed by atoms with Gasteiger partial charge >= 0.3 is 0 Å². The quantitative estimate of drug-likeness (QED) is 0.782. The molecule has 2 amide bonds. The zero-order chi connectivity index (χ0) is 14.8. The molecule has 106 valence electrons. The van der Waals surface area contributed by atoms with Crippen molar-refractivity contribution in [2.24, 2.45) is 0 Å². The Balaban J connectivity index is 2.51. The fourth-order valence-corrected chi connectivity index (χ4v) is 1.51. The SMILES string of the molecule is COCCC(=O)Nc1cccc(CNC(=O)CC#N)c1. The van der Waals surface area contributed by atoms with E-state index in [1.807, 2.05) is 6.07 Å². The Morgan fingerprint density at radius 3 is 2.85 bits per heavy atom. The van der Waals surface area contributed by atoms with Crippen LogP contribution in [0.1, 0.15) is 18.4 Å². The number of hydrogen-bond acceptors (Lipinski definition) is 4. The minimum Gasteiger partial charge on any atom is -0.384 e. The Bertz CT molecular complexity index is 509. The number of nitrogens with one attached hydrogen (secondary N) is 2. The van der Waals surface area contributed by atoms with Crippen LogP contribution in [-0.2, 0) is 20.9 Å². The van der Waals surface area contributed by atoms with Gasteiger partial charge in [0.05, 0.1) is 19.1 Å². The van der Waals surface area contributed by atoms with E-state index in [-0.39, 0.29) is 18.2 Å². The lowest BCUT2D eigenvalue weighted by molar-refractivity contribution is -0.120. The fourth-order valence-electron chi connectivity index (χ4n) is 1.51. The van der Waals surface area contributed by atoms with E-state index in [1.54, 1.807) is 24.3 Å². The second-order valence-electron chi connectivity index (χ2n) is 4.10. The number of carbonyl (C=O) groups is 2. The first-order valence-electron chi connectivity index (χ1n) is 6.17. The van der Waals surface area contributed by atoms with E-state index in [1.165, 1.54) is 7.11 Å². The summed E-state index contributed by atoms with van der Waals surface area (Å²) in [4.78, 5) is 22.7. The van der Waals surface area contributed by atoms with E-state index in [0.717, 1.165) is 5.56 Å². The summed E-state index contributed by atoms with van der Waals surface area (Å²) >= 11 is 0. The molecule has 0 heterocycles. The monoisotopic (exact) mass is 275 g/mol. The molecule has 0 atom stereocenters. The highest BCUT2D eigenvalue weighted by molar-refractivity contribution is 5.90. The first-order chi connectivity index (χ1) is 9.65. The number of ether oxygens (including phenoxy) is 1. The number of benzene rings is 1. The van der Waals surface area contributed by atoms with E-state index in [9.17, 15) is 9.59 Å². The molecule has 1 rings (SSSR count). The van der Waals surface area contributed by atoms with Gasteiger partial charge in [-0.25, -0.2) is 0 Å². The molecule has 0 saturated heterocycles. The number of nitrogens with zero attached hydrogens (tertiary/aromatic N) is 1. The molecule has 20 heavy (non-hydrogen) atoms. The molecule has 0 aliphatic carbocycles. The van der Waals surface area contributed by atoms with E-state index in [4.69, 9.17) is 10.00 Å². The van der Waals surface area contributed by atoms with E-state index in [2.05, 4.69) is 10.6 Å². The van der Waals surface area contributed by atoms with Crippen molar-refractivity contribution in [1.29, 1.82) is 5.26 Å². The van der Waals surface area contributed by atoms with Crippen LogP contribution in [0.25, 0.3) is 0 Å². The van der Waals surface area contributed by atoms with Crippen LogP contribution in [0.5, 0.6) is 0 Å². The summed E-state index contributed by atoms with van der Waals surface area (Å²) in [6.07, 6.45) is 0.132. The standard InChI is InChI=1S/C14H17N3O3/c1-20-8-6-14(19)17-12-4-2-3-11(9-12)10-16-13(18)5-7-15/h2-4,9H,5-6,8,10H2,1H3,(H,16,18)(H,17,19). The third kappa shape index (κ3) is 5.98. The van der Waals surface area contributed by atoms with Crippen LogP contribution in [0, 0.1) is 11.3 Å². The van der Waals surface area contributed by atoms with Gasteiger partial charge in [0.2, 0.25) is 11.8 Å². The highest BCUT2D eigenvalue weighted by Crippen LogP contribution is 2.11. The number of methoxy groups -OCH3 is 1. The molecule has 1 aromatic carbocycles. The third-order valence-corrected chi connectivity index (χ3v) is 2.47. The topological polar surface area (TPSA) is 91.2 Å². The van der Waals surface area contributed by atoms with Crippen LogP contribution in [0.3, 0.4) is 0 Å². The van der Waals surface area contributed by atoms with Crippen LogP contribution in [0.2, 0.25) is 0 Å². The van der Waals surface area contributed by atoms with Crippen molar-refractivity contribution in [3.8, 4) is 6.07 Å². The van der Waals surface area contributed by atoms with Gasteiger partial charge in [-0.2, -0.15) is 5.26 Å². The van der Waals surface area contributed by atoms with Gasteiger partial charge in [0.1, 0.15) is 6.42 Å². The van der Waals surface area contributed by atoms with E-state index >= 15 is 0 Å². The van der Waals surface area contributed by atoms with Crippen molar-refractivity contribution in [1.82, 2.24) is 5.32 Å². The zero-order valence-corrected chi connectivity index (χ0v) is 11.3. The van der Waals surface area contributed by atoms with Crippen LogP contribution in [-0.4, -0.2) is 25.5 Å². The van der Waals surface area contributed by atoms with Crippen molar-refractivity contribution in [3.05, 3.63) is 29.8 Å². The molecule has 0 fully saturated rings. The molecule has 0 unspecified atom stereocenters. The molecule has 0 aromatic heterocycles. The van der Waals surface area contributed by atoms with Crippen molar-refractivity contribution in [3.63, 3.8) is 0 Å². The molecule has 0 aliphatic heterocycles. The average molecular weight is 275 g/mol. The maximum absolute atomic E-state index is 11.5. The van der Waals surface area contributed by atoms with Gasteiger partial charge in [-0.1, -0.05) is 12.1 Å². The Hall–Kier alpha value is -2.39. The third-order valence-electron chi connectivity index (χ3n) is 2.47. The lowest BCUT2D eigenvalue weighted by Crippen LogP contribution is -2.22. The van der Waals surface area contributed by atoms with E-state index < -0.39 is 0 Å². The molecular weight excluding hydrogens is 258 g/mol. The average Bonchev–Trinajstić information content (AvgIpc) is 2.44. The fraction of sp³-hybridized carbons (Fsp3) is 0.357. The van der Waals surface area contributed by atoms with Crippen LogP contribution >= 0.6 is 0 Å². The molecule has 0 radical (unpaired) electrons. The first-order valence-corrected chi connectivity index (χ1v) is 6.17. The molecule has 0 aliphatic rings. The predicted octanol–water partition coefficient (Wildman–Crippen LogP) is 1.19. The van der Waals surface area contributed by atoms with Crippen LogP contribution in [0.15, 0.2) is 24.3 Å². The Kier molecular flexibility index (Phi) is 6.79. The van der Waals surface area contributed by atoms with Gasteiger partial charge in [0.25, 0.3) is 0 Å². The van der Waals surface area contributed by atoms with Gasteiger partial charge in [0.15, 0.2) is 0 Å². The summed E-state index contributed by atoms with van der Waals surface area (Å²) in [5.41, 5.74) is 1.51. The molecular formula is C14H17N3O3. The number of hydrogen-bond donors (Lipinski definition) is 2. The Morgan fingerprint density at radius 2 is 2.15 bits per heavy atom. The summed E-state index contributed by atoms with van der Waals surface area (Å²) in [5, 5.41) is 13.7. The highest BCUT2D eigenvalue weighted by Gasteiger charge is 2.04. The predicted molar refractivity (Wildman–Crippen MR) is 73.6 cm³/mol. The van der Waals surface area contributed by atoms with Crippen molar-refractivity contribution >= 4 is 17.5 Å². The normalized spacial score (nSPS) is 9.60. The maximum atomic E-state index is 11.5. The number of nitriles is 1. The van der Waals surface area contributed by atoms with Crippen LogP contribution in [0.4, 0.5) is 5.69 Å². The second kappa shape index (κ2) is 8.67. The van der Waals surface area contributed by atoms with Crippen LogP contribution < -0.4 is 10.6 Å². The second-order valence-corrected chi connectivity index (χ2v) is 4.10.